The second-order valence-electron chi connectivity index (χ2n) is 7.37. The highest BCUT2D eigenvalue weighted by Gasteiger charge is 2.52. The monoisotopic (exact) mass is 330 g/mol. The third kappa shape index (κ3) is 2.95. The van der Waals surface area contributed by atoms with Crippen LogP contribution in [0.1, 0.15) is 55.5 Å². The molecule has 2 nitrogen and oxygen atoms in total. The Balaban J connectivity index is 2.64. The van der Waals surface area contributed by atoms with Crippen LogP contribution >= 0.6 is 12.6 Å². The van der Waals surface area contributed by atoms with Gasteiger partial charge in [0.05, 0.1) is 11.2 Å². The fourth-order valence-electron chi connectivity index (χ4n) is 3.27. The number of terminal acetylenes is 1. The Labute approximate surface area is 146 Å². The number of rotatable bonds is 3. The summed E-state index contributed by atoms with van der Waals surface area (Å²) in [6.45, 7) is 14.7. The van der Waals surface area contributed by atoms with Gasteiger partial charge in [-0.05, 0) is 81.7 Å². The Morgan fingerprint density at radius 3 is 1.87 bits per heavy atom. The Hall–Kier alpha value is -0.885. The van der Waals surface area contributed by atoms with Crippen LogP contribution in [0.5, 0.6) is 0 Å². The van der Waals surface area contributed by atoms with Crippen LogP contribution in [0.3, 0.4) is 0 Å². The highest BCUT2D eigenvalue weighted by Crippen LogP contribution is 2.37. The minimum absolute atomic E-state index is 0.352. The molecule has 0 aliphatic carbocycles. The first-order valence-electron chi connectivity index (χ1n) is 8.08. The first kappa shape index (κ1) is 18.5. The summed E-state index contributed by atoms with van der Waals surface area (Å²) in [6, 6.07) is 0. The van der Waals surface area contributed by atoms with Crippen molar-refractivity contribution in [3.8, 4) is 12.3 Å². The van der Waals surface area contributed by atoms with Crippen LogP contribution in [0.15, 0.2) is 0 Å². The predicted molar refractivity (Wildman–Crippen MR) is 102 cm³/mol. The topological polar surface area (TPSA) is 18.5 Å². The zero-order valence-electron chi connectivity index (χ0n) is 15.3. The molecule has 1 fully saturated rings. The van der Waals surface area contributed by atoms with Crippen molar-refractivity contribution in [1.29, 1.82) is 0 Å². The molecule has 1 aromatic rings. The van der Waals surface area contributed by atoms with E-state index in [1.165, 1.54) is 27.8 Å². The Bertz CT molecular complexity index is 655. The van der Waals surface area contributed by atoms with E-state index in [1.807, 2.05) is 0 Å². The number of benzene rings is 1. The molecule has 0 amide bonds. The van der Waals surface area contributed by atoms with Crippen molar-refractivity contribution in [2.75, 3.05) is 0 Å². The van der Waals surface area contributed by atoms with Crippen LogP contribution in [-0.2, 0) is 21.5 Å². The minimum atomic E-state index is -0.365. The van der Waals surface area contributed by atoms with E-state index in [-0.39, 0.29) is 18.3 Å². The zero-order valence-corrected chi connectivity index (χ0v) is 16.2. The zero-order chi connectivity index (χ0) is 17.6. The van der Waals surface area contributed by atoms with Gasteiger partial charge in [-0.15, -0.1) is 12.3 Å². The van der Waals surface area contributed by atoms with Crippen LogP contribution in [0, 0.1) is 33.1 Å². The van der Waals surface area contributed by atoms with Gasteiger partial charge in [0.25, 0.3) is 0 Å². The van der Waals surface area contributed by atoms with Crippen molar-refractivity contribution in [3.05, 3.63) is 27.8 Å². The lowest BCUT2D eigenvalue weighted by atomic mass is 9.69. The summed E-state index contributed by atoms with van der Waals surface area (Å²) in [7, 11) is -0.365. The second-order valence-corrected chi connectivity index (χ2v) is 7.69. The largest absolute Gasteiger partial charge is 0.495 e. The van der Waals surface area contributed by atoms with Crippen molar-refractivity contribution in [2.45, 2.75) is 71.8 Å². The standard InChI is InChI=1S/C19H27BO2S/c1-9-10-15-12(2)16(11-23)14(4)17(13(15)3)20-21-18(5,6)19(7,8)22-20/h1,23H,10-11H2,2-8H3. The summed E-state index contributed by atoms with van der Waals surface area (Å²) in [5.41, 5.74) is 6.47. The molecule has 0 N–H and O–H groups in total. The highest BCUT2D eigenvalue weighted by molar-refractivity contribution is 7.79. The molecule has 1 aromatic carbocycles. The molecule has 0 saturated carbocycles. The highest BCUT2D eigenvalue weighted by atomic mass is 32.1. The molecule has 1 aliphatic heterocycles. The van der Waals surface area contributed by atoms with Crippen molar-refractivity contribution in [3.63, 3.8) is 0 Å². The van der Waals surface area contributed by atoms with Gasteiger partial charge in [-0.25, -0.2) is 0 Å². The van der Waals surface area contributed by atoms with E-state index in [2.05, 4.69) is 67.0 Å². The summed E-state index contributed by atoms with van der Waals surface area (Å²) in [5.74, 6) is 3.46. The maximum atomic E-state index is 6.29. The van der Waals surface area contributed by atoms with Crippen molar-refractivity contribution in [2.24, 2.45) is 0 Å². The fourth-order valence-corrected chi connectivity index (χ4v) is 3.74. The molecule has 2 rings (SSSR count). The summed E-state index contributed by atoms with van der Waals surface area (Å²) >= 11 is 4.52. The third-order valence-electron chi connectivity index (χ3n) is 5.54. The predicted octanol–water partition coefficient (Wildman–Crippen LogP) is 3.52. The average molecular weight is 330 g/mol. The average Bonchev–Trinajstić information content (AvgIpc) is 2.63. The molecule has 23 heavy (non-hydrogen) atoms. The summed E-state index contributed by atoms with van der Waals surface area (Å²) in [5, 5.41) is 0. The molecule has 0 radical (unpaired) electrons. The van der Waals surface area contributed by atoms with Crippen LogP contribution in [0.4, 0.5) is 0 Å². The normalized spacial score (nSPS) is 19.0. The Morgan fingerprint density at radius 2 is 1.43 bits per heavy atom. The minimum Gasteiger partial charge on any atom is -0.399 e. The first-order valence-corrected chi connectivity index (χ1v) is 8.72. The first-order chi connectivity index (χ1) is 10.6. The van der Waals surface area contributed by atoms with Gasteiger partial charge in [0.2, 0.25) is 0 Å². The molecule has 0 bridgehead atoms. The smallest absolute Gasteiger partial charge is 0.399 e. The van der Waals surface area contributed by atoms with Gasteiger partial charge in [-0.3, -0.25) is 0 Å². The second kappa shape index (κ2) is 6.20. The molecule has 0 aromatic heterocycles. The van der Waals surface area contributed by atoms with E-state index in [0.717, 1.165) is 5.46 Å². The lowest BCUT2D eigenvalue weighted by Crippen LogP contribution is -2.41. The van der Waals surface area contributed by atoms with Crippen LogP contribution in [0.25, 0.3) is 0 Å². The van der Waals surface area contributed by atoms with Gasteiger partial charge < -0.3 is 9.31 Å². The molecular weight excluding hydrogens is 303 g/mol. The molecule has 0 atom stereocenters. The lowest BCUT2D eigenvalue weighted by molar-refractivity contribution is 0.00578. The van der Waals surface area contributed by atoms with Gasteiger partial charge in [0, 0.05) is 12.2 Å². The van der Waals surface area contributed by atoms with Crippen LogP contribution < -0.4 is 5.46 Å². The molecule has 124 valence electrons. The summed E-state index contributed by atoms with van der Waals surface area (Å²) in [4.78, 5) is 0. The molecule has 0 spiro atoms. The summed E-state index contributed by atoms with van der Waals surface area (Å²) in [6.07, 6.45) is 6.20. The third-order valence-corrected chi connectivity index (χ3v) is 5.86. The number of hydrogen-bond donors (Lipinski definition) is 1. The maximum Gasteiger partial charge on any atom is 0.495 e. The van der Waals surface area contributed by atoms with Crippen molar-refractivity contribution in [1.82, 2.24) is 0 Å². The van der Waals surface area contributed by atoms with Crippen LogP contribution in [0.2, 0.25) is 0 Å². The number of hydrogen-bond acceptors (Lipinski definition) is 3. The van der Waals surface area contributed by atoms with E-state index in [1.54, 1.807) is 0 Å². The van der Waals surface area contributed by atoms with Crippen LogP contribution in [-0.4, -0.2) is 18.3 Å². The van der Waals surface area contributed by atoms with E-state index in [9.17, 15) is 0 Å². The van der Waals surface area contributed by atoms with Gasteiger partial charge in [-0.2, -0.15) is 12.6 Å². The SMILES string of the molecule is C#CCc1c(C)c(CS)c(C)c(B2OC(C)(C)C(C)(C)O2)c1C. The van der Waals surface area contributed by atoms with E-state index in [4.69, 9.17) is 15.7 Å². The van der Waals surface area contributed by atoms with Gasteiger partial charge in [0.15, 0.2) is 0 Å². The van der Waals surface area contributed by atoms with E-state index >= 15 is 0 Å². The number of thiol groups is 1. The quantitative estimate of drug-likeness (QED) is 0.519. The Kier molecular flexibility index (Phi) is 4.98. The van der Waals surface area contributed by atoms with E-state index in [0.29, 0.717) is 12.2 Å². The summed E-state index contributed by atoms with van der Waals surface area (Å²) < 4.78 is 12.6. The molecule has 1 saturated heterocycles. The maximum absolute atomic E-state index is 6.29. The molecular formula is C19H27BO2S. The lowest BCUT2D eigenvalue weighted by Gasteiger charge is -2.32. The van der Waals surface area contributed by atoms with Gasteiger partial charge >= 0.3 is 7.12 Å². The molecule has 4 heteroatoms. The Morgan fingerprint density at radius 1 is 0.957 bits per heavy atom. The van der Waals surface area contributed by atoms with Gasteiger partial charge in [-0.1, -0.05) is 0 Å². The molecule has 1 heterocycles. The molecule has 1 aliphatic rings. The fraction of sp³-hybridized carbons (Fsp3) is 0.579. The molecule has 0 unspecified atom stereocenters. The van der Waals surface area contributed by atoms with Crippen molar-refractivity contribution >= 4 is 25.2 Å². The van der Waals surface area contributed by atoms with E-state index < -0.39 is 0 Å². The van der Waals surface area contributed by atoms with Crippen molar-refractivity contribution < 1.29 is 9.31 Å². The van der Waals surface area contributed by atoms with Gasteiger partial charge in [0.1, 0.15) is 0 Å².